The van der Waals surface area contributed by atoms with Crippen LogP contribution < -0.4 is 14.9 Å². The van der Waals surface area contributed by atoms with Gasteiger partial charge in [0.05, 0.1) is 12.8 Å². The Hall–Kier alpha value is -2.80. The smallest absolute Gasteiger partial charge is 0.268 e. The van der Waals surface area contributed by atoms with E-state index in [1.165, 1.54) is 4.85 Å². The van der Waals surface area contributed by atoms with E-state index in [2.05, 4.69) is 15.6 Å². The number of hydrogen-bond acceptors (Lipinski definition) is 5. The summed E-state index contributed by atoms with van der Waals surface area (Å²) in [6.07, 6.45) is -0.811. The van der Waals surface area contributed by atoms with Gasteiger partial charge in [-0.15, -0.1) is 5.10 Å². The number of carbonyl (C=O) groups excluding carboxylic acids is 1. The Kier molecular flexibility index (Phi) is 4.76. The zero-order chi connectivity index (χ0) is 18.0. The first-order chi connectivity index (χ1) is 12.0. The summed E-state index contributed by atoms with van der Waals surface area (Å²) >= 11 is 5.98. The van der Waals surface area contributed by atoms with Crippen molar-refractivity contribution in [3.05, 3.63) is 47.0 Å². The molecule has 0 aliphatic rings. The highest BCUT2D eigenvalue weighted by Crippen LogP contribution is 2.25. The molecule has 1 N–H and O–H groups in total. The average Bonchev–Trinajstić information content (AvgIpc) is 2.97. The lowest BCUT2D eigenvalue weighted by Gasteiger charge is -2.15. The second kappa shape index (κ2) is 6.98. The fourth-order valence-electron chi connectivity index (χ4n) is 2.30. The summed E-state index contributed by atoms with van der Waals surface area (Å²) in [5.41, 5.74) is 2.79. The number of methoxy groups -OCH3 is 1. The molecule has 1 amide bonds. The number of nitrogens with zero attached hydrogens (tertiary/aromatic N) is 3. The monoisotopic (exact) mass is 360 g/mol. The van der Waals surface area contributed by atoms with Crippen LogP contribution in [0.1, 0.15) is 12.5 Å². The van der Waals surface area contributed by atoms with E-state index in [4.69, 9.17) is 21.2 Å². The Balaban J connectivity index is 1.76. The minimum atomic E-state index is -0.811. The molecule has 0 saturated carbocycles. The fraction of sp³-hybridized carbons (Fsp3) is 0.235. The Bertz CT molecular complexity index is 925. The second-order valence-electron chi connectivity index (χ2n) is 5.54. The molecule has 130 valence electrons. The minimum absolute atomic E-state index is 0.338. The van der Waals surface area contributed by atoms with Crippen molar-refractivity contribution in [3.8, 4) is 5.75 Å². The zero-order valence-corrected chi connectivity index (χ0v) is 14.7. The summed E-state index contributed by atoms with van der Waals surface area (Å²) in [6, 6.07) is 10.6. The summed E-state index contributed by atoms with van der Waals surface area (Å²) < 4.78 is 5.26. The zero-order valence-electron chi connectivity index (χ0n) is 14.0. The quantitative estimate of drug-likeness (QED) is 0.757. The van der Waals surface area contributed by atoms with E-state index in [-0.39, 0.29) is 5.91 Å². The second-order valence-corrected chi connectivity index (χ2v) is 5.97. The lowest BCUT2D eigenvalue weighted by atomic mass is 10.2. The van der Waals surface area contributed by atoms with Gasteiger partial charge < -0.3 is 14.9 Å². The number of carbonyl (C=O) groups is 1. The maximum absolute atomic E-state index is 12.4. The lowest BCUT2D eigenvalue weighted by Crippen LogP contribution is -2.35. The Labute approximate surface area is 149 Å². The van der Waals surface area contributed by atoms with E-state index in [0.717, 1.165) is 5.56 Å². The molecule has 7 nitrogen and oxygen atoms in total. The Morgan fingerprint density at radius 1 is 1.28 bits per heavy atom. The molecule has 1 atom stereocenters. The summed E-state index contributed by atoms with van der Waals surface area (Å²) in [5.74, 6) is 0.235. The number of benzene rings is 2. The van der Waals surface area contributed by atoms with Crippen molar-refractivity contribution in [1.82, 2.24) is 15.2 Å². The first-order valence-corrected chi connectivity index (χ1v) is 7.99. The third-order valence-electron chi connectivity index (χ3n) is 3.62. The molecule has 25 heavy (non-hydrogen) atoms. The SMILES string of the molecule is COc1ccc(C)cc1NC(=O)[C@@H](C)On1nnc2ccc(Cl)cc21. The van der Waals surface area contributed by atoms with Gasteiger partial charge in [-0.05, 0) is 55.0 Å². The Morgan fingerprint density at radius 3 is 2.84 bits per heavy atom. The first-order valence-electron chi connectivity index (χ1n) is 7.61. The van der Waals surface area contributed by atoms with Crippen molar-refractivity contribution in [1.29, 1.82) is 0 Å². The number of halogens is 1. The molecule has 0 bridgehead atoms. The van der Waals surface area contributed by atoms with Crippen LogP contribution in [0.5, 0.6) is 5.75 Å². The number of aromatic nitrogens is 3. The van der Waals surface area contributed by atoms with E-state index in [9.17, 15) is 4.79 Å². The van der Waals surface area contributed by atoms with Gasteiger partial charge in [-0.2, -0.15) is 0 Å². The van der Waals surface area contributed by atoms with Gasteiger partial charge in [0, 0.05) is 5.02 Å². The molecule has 0 radical (unpaired) electrons. The molecular weight excluding hydrogens is 344 g/mol. The number of rotatable bonds is 5. The molecule has 2 aromatic carbocycles. The van der Waals surface area contributed by atoms with Crippen LogP contribution in [-0.4, -0.2) is 34.3 Å². The number of fused-ring (bicyclic) bond motifs is 1. The van der Waals surface area contributed by atoms with Gasteiger partial charge in [-0.3, -0.25) is 4.79 Å². The molecule has 8 heteroatoms. The van der Waals surface area contributed by atoms with Gasteiger partial charge in [-0.1, -0.05) is 22.5 Å². The molecule has 3 rings (SSSR count). The third-order valence-corrected chi connectivity index (χ3v) is 3.85. The van der Waals surface area contributed by atoms with E-state index >= 15 is 0 Å². The van der Waals surface area contributed by atoms with E-state index in [0.29, 0.717) is 27.5 Å². The molecule has 0 aliphatic carbocycles. The maximum Gasteiger partial charge on any atom is 0.268 e. The van der Waals surface area contributed by atoms with E-state index < -0.39 is 6.10 Å². The summed E-state index contributed by atoms with van der Waals surface area (Å²) in [4.78, 5) is 19.2. The third kappa shape index (κ3) is 3.66. The highest BCUT2D eigenvalue weighted by atomic mass is 35.5. The number of nitrogens with one attached hydrogen (secondary N) is 1. The largest absolute Gasteiger partial charge is 0.495 e. The van der Waals surface area contributed by atoms with Gasteiger partial charge >= 0.3 is 0 Å². The van der Waals surface area contributed by atoms with Crippen molar-refractivity contribution >= 4 is 34.2 Å². The molecule has 0 saturated heterocycles. The number of aryl methyl sites for hydroxylation is 1. The van der Waals surface area contributed by atoms with Gasteiger partial charge in [0.2, 0.25) is 6.10 Å². The van der Waals surface area contributed by atoms with Crippen LogP contribution in [0.15, 0.2) is 36.4 Å². The summed E-state index contributed by atoms with van der Waals surface area (Å²) in [5, 5.41) is 11.2. The molecule has 1 heterocycles. The number of ether oxygens (including phenoxy) is 1. The van der Waals surface area contributed by atoms with Crippen LogP contribution in [0.25, 0.3) is 11.0 Å². The van der Waals surface area contributed by atoms with Crippen molar-refractivity contribution in [3.63, 3.8) is 0 Å². The molecule has 0 aliphatic heterocycles. The van der Waals surface area contributed by atoms with Gasteiger partial charge in [0.15, 0.2) is 0 Å². The van der Waals surface area contributed by atoms with E-state index in [1.807, 2.05) is 19.1 Å². The standard InChI is InChI=1S/C17H17ClN4O3/c1-10-4-7-16(24-3)14(8-10)19-17(23)11(2)25-22-15-9-12(18)5-6-13(15)20-21-22/h4-9,11H,1-3H3,(H,19,23)/t11-/m1/s1. The van der Waals surface area contributed by atoms with Crippen LogP contribution in [0.2, 0.25) is 5.02 Å². The number of amides is 1. The topological polar surface area (TPSA) is 78.3 Å². The van der Waals surface area contributed by atoms with Crippen LogP contribution in [-0.2, 0) is 4.79 Å². The van der Waals surface area contributed by atoms with Crippen molar-refractivity contribution in [2.45, 2.75) is 20.0 Å². The lowest BCUT2D eigenvalue weighted by molar-refractivity contribution is -0.127. The van der Waals surface area contributed by atoms with Crippen molar-refractivity contribution < 1.29 is 14.4 Å². The number of anilines is 1. The predicted molar refractivity (Wildman–Crippen MR) is 94.9 cm³/mol. The average molecular weight is 361 g/mol. The molecule has 0 spiro atoms. The van der Waals surface area contributed by atoms with Crippen LogP contribution in [0, 0.1) is 6.92 Å². The fourth-order valence-corrected chi connectivity index (χ4v) is 2.47. The van der Waals surface area contributed by atoms with Crippen molar-refractivity contribution in [2.75, 3.05) is 12.4 Å². The van der Waals surface area contributed by atoms with Crippen LogP contribution >= 0.6 is 11.6 Å². The predicted octanol–water partition coefficient (Wildman–Crippen LogP) is 2.86. The highest BCUT2D eigenvalue weighted by Gasteiger charge is 2.19. The van der Waals surface area contributed by atoms with Crippen LogP contribution in [0.4, 0.5) is 5.69 Å². The molecule has 1 aromatic heterocycles. The highest BCUT2D eigenvalue weighted by molar-refractivity contribution is 6.31. The van der Waals surface area contributed by atoms with Gasteiger partial charge in [-0.25, -0.2) is 0 Å². The normalized spacial score (nSPS) is 12.0. The van der Waals surface area contributed by atoms with E-state index in [1.54, 1.807) is 38.3 Å². The van der Waals surface area contributed by atoms with Crippen molar-refractivity contribution in [2.24, 2.45) is 0 Å². The van der Waals surface area contributed by atoms with Crippen LogP contribution in [0.3, 0.4) is 0 Å². The minimum Gasteiger partial charge on any atom is -0.495 e. The maximum atomic E-state index is 12.4. The summed E-state index contributed by atoms with van der Waals surface area (Å²) in [6.45, 7) is 3.55. The number of hydrogen-bond donors (Lipinski definition) is 1. The first kappa shape index (κ1) is 17.0. The molecule has 3 aromatic rings. The van der Waals surface area contributed by atoms with Gasteiger partial charge in [0.25, 0.3) is 5.91 Å². The van der Waals surface area contributed by atoms with Gasteiger partial charge in [0.1, 0.15) is 16.8 Å². The molecular formula is C17H17ClN4O3. The Morgan fingerprint density at radius 2 is 2.08 bits per heavy atom. The molecule has 0 unspecified atom stereocenters. The summed E-state index contributed by atoms with van der Waals surface area (Å²) in [7, 11) is 1.55. The molecule has 0 fully saturated rings.